The van der Waals surface area contributed by atoms with Gasteiger partial charge < -0.3 is 4.90 Å². The van der Waals surface area contributed by atoms with Crippen molar-refractivity contribution in [2.45, 2.75) is 41.0 Å². The second-order valence-electron chi connectivity index (χ2n) is 8.72. The number of benzene rings is 1. The molecule has 3 heterocycles. The number of aromatic nitrogens is 5. The molecule has 0 aliphatic heterocycles. The minimum atomic E-state index is -0.0319. The Bertz CT molecular complexity index is 1420. The quantitative estimate of drug-likeness (QED) is 0.105. The summed E-state index contributed by atoms with van der Waals surface area (Å²) in [5, 5.41) is 3.44. The van der Waals surface area contributed by atoms with Crippen molar-refractivity contribution >= 4 is 45.1 Å². The molecule has 0 spiro atoms. The molecule has 1 aromatic carbocycles. The molecular weight excluding hydrogens is 562 g/mol. The molecule has 198 valence electrons. The summed E-state index contributed by atoms with van der Waals surface area (Å²) >= 11 is 4.74. The predicted octanol–water partition coefficient (Wildman–Crippen LogP) is 6.09. The van der Waals surface area contributed by atoms with E-state index < -0.39 is 0 Å². The van der Waals surface area contributed by atoms with Crippen LogP contribution >= 0.6 is 27.3 Å². The molecule has 0 unspecified atom stereocenters. The van der Waals surface area contributed by atoms with Crippen molar-refractivity contribution in [1.29, 1.82) is 0 Å². The van der Waals surface area contributed by atoms with Crippen LogP contribution in [0.2, 0.25) is 0 Å². The van der Waals surface area contributed by atoms with E-state index in [1.165, 1.54) is 22.9 Å². The Labute approximate surface area is 236 Å². The van der Waals surface area contributed by atoms with Gasteiger partial charge in [0, 0.05) is 50.2 Å². The van der Waals surface area contributed by atoms with E-state index in [0.29, 0.717) is 16.7 Å². The summed E-state index contributed by atoms with van der Waals surface area (Å²) in [7, 11) is 2.03. The first-order valence-electron chi connectivity index (χ1n) is 12.2. The molecule has 8 nitrogen and oxygen atoms in total. The second-order valence-corrected chi connectivity index (χ2v) is 10.2. The number of ketones is 1. The van der Waals surface area contributed by atoms with E-state index in [0.717, 1.165) is 40.7 Å². The Hall–Kier alpha value is -3.37. The summed E-state index contributed by atoms with van der Waals surface area (Å²) in [6.07, 6.45) is 9.21. The van der Waals surface area contributed by atoms with Crippen molar-refractivity contribution in [1.82, 2.24) is 29.8 Å². The Morgan fingerprint density at radius 2 is 1.68 bits per heavy atom. The van der Waals surface area contributed by atoms with Crippen LogP contribution < -0.4 is 0 Å². The van der Waals surface area contributed by atoms with E-state index in [2.05, 4.69) is 84.0 Å². The number of nitrogens with zero attached hydrogens (tertiary/aromatic N) is 7. The lowest BCUT2D eigenvalue weighted by molar-refractivity contribution is 0.101. The largest absolute Gasteiger partial charge is 0.366 e. The Kier molecular flexibility index (Phi) is 10.7. The fourth-order valence-electron chi connectivity index (χ4n) is 3.50. The van der Waals surface area contributed by atoms with Crippen molar-refractivity contribution < 1.29 is 4.79 Å². The summed E-state index contributed by atoms with van der Waals surface area (Å²) in [6, 6.07) is 4.38. The van der Waals surface area contributed by atoms with Crippen LogP contribution in [-0.4, -0.2) is 60.9 Å². The van der Waals surface area contributed by atoms with E-state index in [4.69, 9.17) is 4.98 Å². The predicted molar refractivity (Wildman–Crippen MR) is 158 cm³/mol. The molecule has 0 saturated carbocycles. The molecule has 38 heavy (non-hydrogen) atoms. The van der Waals surface area contributed by atoms with Crippen LogP contribution in [-0.2, 0) is 6.42 Å². The molecule has 0 radical (unpaired) electrons. The second kappa shape index (κ2) is 14.0. The highest BCUT2D eigenvalue weighted by Crippen LogP contribution is 2.27. The number of aliphatic imine (C=N–C) groups is 1. The fourth-order valence-corrected chi connectivity index (χ4v) is 4.57. The average molecular weight is 595 g/mol. The molecule has 0 bridgehead atoms. The Morgan fingerprint density at radius 3 is 2.34 bits per heavy atom. The molecule has 0 amide bonds. The fraction of sp³-hybridized carbons (Fsp3) is 0.321. The monoisotopic (exact) mass is 593 g/mol. The Morgan fingerprint density at radius 1 is 1.00 bits per heavy atom. The van der Waals surface area contributed by atoms with Crippen molar-refractivity contribution in [3.8, 4) is 11.4 Å². The number of carbonyl (C=O) groups excluding carboxylic acids is 1. The lowest BCUT2D eigenvalue weighted by Crippen LogP contribution is -2.14. The first-order valence-corrected chi connectivity index (χ1v) is 14.2. The summed E-state index contributed by atoms with van der Waals surface area (Å²) < 4.78 is 0. The molecule has 4 aromatic rings. The van der Waals surface area contributed by atoms with Crippen LogP contribution in [0.25, 0.3) is 11.4 Å². The number of Topliss-reactive ketones (excluding diaryl/α,β-unsaturated/α-hetero) is 1. The standard InChI is InChI=1S/C21H25N5S.C7H7BrN2O/c1-6-26(5)13-24-18-10-14(2)17(9-15(18)3)11-20-25-19(12-27-20)21-16(4)22-7-8-23-21;1-5-7(6(11)4-8)10-3-2-9-5/h7-10,12-13H,6,11H2,1-5H3;2-3H,4H2,1H3. The third-order valence-corrected chi connectivity index (χ3v) is 7.19. The molecule has 10 heteroatoms. The smallest absolute Gasteiger partial charge is 0.193 e. The zero-order chi connectivity index (χ0) is 27.7. The zero-order valence-corrected chi connectivity index (χ0v) is 25.0. The molecule has 0 N–H and O–H groups in total. The van der Waals surface area contributed by atoms with Gasteiger partial charge in [0.15, 0.2) is 5.78 Å². The maximum absolute atomic E-state index is 11.1. The number of rotatable bonds is 8. The van der Waals surface area contributed by atoms with Gasteiger partial charge in [-0.3, -0.25) is 19.7 Å². The van der Waals surface area contributed by atoms with Gasteiger partial charge >= 0.3 is 0 Å². The minimum absolute atomic E-state index is 0.0319. The lowest BCUT2D eigenvalue weighted by atomic mass is 10.0. The van der Waals surface area contributed by atoms with Crippen LogP contribution in [0.3, 0.4) is 0 Å². The van der Waals surface area contributed by atoms with Crippen LogP contribution in [0.5, 0.6) is 0 Å². The number of carbonyl (C=O) groups is 1. The highest BCUT2D eigenvalue weighted by Gasteiger charge is 2.12. The van der Waals surface area contributed by atoms with Gasteiger partial charge in [0.2, 0.25) is 0 Å². The normalized spacial score (nSPS) is 10.8. The van der Waals surface area contributed by atoms with E-state index in [1.54, 1.807) is 36.9 Å². The molecule has 0 atom stereocenters. The van der Waals surface area contributed by atoms with E-state index in [1.807, 2.05) is 20.3 Å². The van der Waals surface area contributed by atoms with Gasteiger partial charge in [-0.2, -0.15) is 0 Å². The molecule has 0 fully saturated rings. The number of alkyl halides is 1. The number of hydrogen-bond donors (Lipinski definition) is 0. The maximum Gasteiger partial charge on any atom is 0.193 e. The highest BCUT2D eigenvalue weighted by atomic mass is 79.9. The third kappa shape index (κ3) is 7.82. The van der Waals surface area contributed by atoms with Crippen LogP contribution in [0.15, 0.2) is 47.3 Å². The lowest BCUT2D eigenvalue weighted by Gasteiger charge is -2.11. The number of thiazole rings is 1. The average Bonchev–Trinajstić information content (AvgIpc) is 3.38. The van der Waals surface area contributed by atoms with Gasteiger partial charge in [-0.05, 0) is 57.4 Å². The van der Waals surface area contributed by atoms with Crippen LogP contribution in [0.4, 0.5) is 5.69 Å². The minimum Gasteiger partial charge on any atom is -0.366 e. The molecule has 4 rings (SSSR count). The third-order valence-electron chi connectivity index (χ3n) is 5.83. The summed E-state index contributed by atoms with van der Waals surface area (Å²) in [5.74, 6) is -0.0319. The van der Waals surface area contributed by atoms with E-state index in [9.17, 15) is 4.79 Å². The molecule has 0 saturated heterocycles. The number of aryl methyl sites for hydroxylation is 4. The molecular formula is C28H32BrN7OS. The topological polar surface area (TPSA) is 97.1 Å². The van der Waals surface area contributed by atoms with Crippen molar-refractivity contribution in [3.05, 3.63) is 81.1 Å². The highest BCUT2D eigenvalue weighted by molar-refractivity contribution is 9.09. The summed E-state index contributed by atoms with van der Waals surface area (Å²) in [6.45, 7) is 11.0. The van der Waals surface area contributed by atoms with E-state index >= 15 is 0 Å². The first-order chi connectivity index (χ1) is 18.2. The first kappa shape index (κ1) is 29.2. The molecule has 3 aromatic heterocycles. The molecule has 0 aliphatic carbocycles. The van der Waals surface area contributed by atoms with Crippen molar-refractivity contribution in [2.75, 3.05) is 18.9 Å². The number of halogens is 1. The van der Waals surface area contributed by atoms with E-state index in [-0.39, 0.29) is 5.78 Å². The van der Waals surface area contributed by atoms with Gasteiger partial charge in [0.1, 0.15) is 17.1 Å². The van der Waals surface area contributed by atoms with Crippen molar-refractivity contribution in [2.24, 2.45) is 4.99 Å². The zero-order valence-electron chi connectivity index (χ0n) is 22.6. The van der Waals surface area contributed by atoms with Crippen LogP contribution in [0, 0.1) is 27.7 Å². The van der Waals surface area contributed by atoms with Gasteiger partial charge in [-0.25, -0.2) is 15.0 Å². The number of hydrogen-bond acceptors (Lipinski definition) is 8. The molecule has 0 aliphatic rings. The van der Waals surface area contributed by atoms with Crippen molar-refractivity contribution in [3.63, 3.8) is 0 Å². The Balaban J connectivity index is 0.000000304. The van der Waals surface area contributed by atoms with Gasteiger partial charge in [0.25, 0.3) is 0 Å². The van der Waals surface area contributed by atoms with Gasteiger partial charge in [0.05, 0.1) is 33.8 Å². The summed E-state index contributed by atoms with van der Waals surface area (Å²) in [4.78, 5) is 39.1. The SMILES string of the molecule is CCN(C)C=Nc1cc(C)c(Cc2nc(-c3nccnc3C)cs2)cc1C.Cc1nccnc1C(=O)CBr. The van der Waals surface area contributed by atoms with Crippen LogP contribution in [0.1, 0.15) is 50.5 Å². The summed E-state index contributed by atoms with van der Waals surface area (Å²) in [5.41, 5.74) is 8.51. The van der Waals surface area contributed by atoms with Gasteiger partial charge in [-0.1, -0.05) is 22.0 Å². The maximum atomic E-state index is 11.1. The van der Waals surface area contributed by atoms with Gasteiger partial charge in [-0.15, -0.1) is 11.3 Å².